The van der Waals surface area contributed by atoms with Crippen molar-refractivity contribution in [3.8, 4) is 0 Å². The Balaban J connectivity index is 2.00. The zero-order valence-electron chi connectivity index (χ0n) is 15.5. The number of anilines is 1. The number of pyridine rings is 1. The minimum Gasteiger partial charge on any atom is -0.389 e. The number of ether oxygens (including phenoxy) is 1. The lowest BCUT2D eigenvalue weighted by Crippen LogP contribution is -2.27. The Morgan fingerprint density at radius 2 is 1.96 bits per heavy atom. The van der Waals surface area contributed by atoms with Gasteiger partial charge in [-0.2, -0.15) is 0 Å². The molecule has 0 aliphatic carbocycles. The van der Waals surface area contributed by atoms with Gasteiger partial charge in [0.1, 0.15) is 17.9 Å². The van der Waals surface area contributed by atoms with Gasteiger partial charge in [-0.25, -0.2) is 9.97 Å². The van der Waals surface area contributed by atoms with Gasteiger partial charge in [-0.3, -0.25) is 0 Å². The fraction of sp³-hybridized carbons (Fsp3) is 0.444. The van der Waals surface area contributed by atoms with Crippen molar-refractivity contribution >= 4 is 36.1 Å². The summed E-state index contributed by atoms with van der Waals surface area (Å²) >= 11 is 0. The van der Waals surface area contributed by atoms with Crippen LogP contribution in [0.15, 0.2) is 24.3 Å². The van der Waals surface area contributed by atoms with Crippen LogP contribution in [0.5, 0.6) is 0 Å². The van der Waals surface area contributed by atoms with Gasteiger partial charge in [-0.05, 0) is 26.3 Å². The molecular formula is C18H25N4O4P. The molecular weight excluding hydrogens is 367 g/mol. The number of aromatic nitrogens is 3. The summed E-state index contributed by atoms with van der Waals surface area (Å²) in [7, 11) is -1.90. The second kappa shape index (κ2) is 8.04. The van der Waals surface area contributed by atoms with E-state index in [-0.39, 0.29) is 6.61 Å². The Labute approximate surface area is 158 Å². The van der Waals surface area contributed by atoms with E-state index in [2.05, 4.69) is 9.97 Å². The summed E-state index contributed by atoms with van der Waals surface area (Å²) in [6.07, 6.45) is 0.869. The molecule has 0 aliphatic heterocycles. The number of rotatable bonds is 8. The minimum absolute atomic E-state index is 0.229. The summed E-state index contributed by atoms with van der Waals surface area (Å²) in [6.45, 7) is 4.42. The number of hydrogen-bond acceptors (Lipinski definition) is 7. The first-order valence-electron chi connectivity index (χ1n) is 8.75. The highest BCUT2D eigenvalue weighted by atomic mass is 31.2. The van der Waals surface area contributed by atoms with Gasteiger partial charge in [-0.15, -0.1) is 0 Å². The molecule has 0 amide bonds. The molecule has 1 aromatic carbocycles. The van der Waals surface area contributed by atoms with Crippen LogP contribution >= 0.6 is 8.38 Å². The third-order valence-electron chi connectivity index (χ3n) is 4.11. The van der Waals surface area contributed by atoms with Crippen molar-refractivity contribution in [3.63, 3.8) is 0 Å². The van der Waals surface area contributed by atoms with Crippen molar-refractivity contribution < 1.29 is 19.6 Å². The van der Waals surface area contributed by atoms with Crippen molar-refractivity contribution in [3.05, 3.63) is 30.1 Å². The molecule has 3 aromatic rings. The number of hydrogen-bond donors (Lipinski definition) is 4. The molecule has 0 atom stereocenters. The predicted octanol–water partition coefficient (Wildman–Crippen LogP) is 2.14. The summed E-state index contributed by atoms with van der Waals surface area (Å²) in [5.74, 6) is 0.984. The van der Waals surface area contributed by atoms with E-state index in [1.54, 1.807) is 13.8 Å². The molecule has 146 valence electrons. The van der Waals surface area contributed by atoms with E-state index in [9.17, 15) is 5.11 Å². The molecule has 9 heteroatoms. The Morgan fingerprint density at radius 3 is 2.67 bits per heavy atom. The number of aliphatic hydroxyl groups is 1. The first-order valence-corrected chi connectivity index (χ1v) is 10.2. The number of nitrogens with zero attached hydrogens (tertiary/aromatic N) is 3. The highest BCUT2D eigenvalue weighted by Crippen LogP contribution is 2.30. The van der Waals surface area contributed by atoms with Crippen LogP contribution in [0.25, 0.3) is 21.9 Å². The first kappa shape index (κ1) is 19.9. The summed E-state index contributed by atoms with van der Waals surface area (Å²) in [5, 5.41) is 11.3. The van der Waals surface area contributed by atoms with Crippen molar-refractivity contribution in [1.29, 1.82) is 0 Å². The predicted molar refractivity (Wildman–Crippen MR) is 106 cm³/mol. The van der Waals surface area contributed by atoms with Crippen LogP contribution in [-0.2, 0) is 17.9 Å². The molecule has 8 nitrogen and oxygen atoms in total. The van der Waals surface area contributed by atoms with E-state index in [1.165, 1.54) is 0 Å². The fourth-order valence-corrected chi connectivity index (χ4v) is 3.46. The molecule has 0 aliphatic rings. The van der Waals surface area contributed by atoms with E-state index in [4.69, 9.17) is 20.3 Å². The number of para-hydroxylation sites is 1. The first-order chi connectivity index (χ1) is 12.8. The van der Waals surface area contributed by atoms with Crippen molar-refractivity contribution in [2.45, 2.75) is 39.0 Å². The molecule has 0 saturated carbocycles. The molecule has 0 spiro atoms. The van der Waals surface area contributed by atoms with Gasteiger partial charge in [0.2, 0.25) is 0 Å². The van der Waals surface area contributed by atoms with E-state index in [1.807, 2.05) is 28.8 Å². The number of nitrogen functional groups attached to an aromatic ring is 1. The number of fused-ring (bicyclic) bond motifs is 3. The largest absolute Gasteiger partial charge is 0.389 e. The molecule has 0 unspecified atom stereocenters. The minimum atomic E-state index is -1.90. The zero-order valence-corrected chi connectivity index (χ0v) is 16.4. The van der Waals surface area contributed by atoms with E-state index < -0.39 is 14.0 Å². The summed E-state index contributed by atoms with van der Waals surface area (Å²) < 4.78 is 7.60. The van der Waals surface area contributed by atoms with Gasteiger partial charge >= 0.3 is 0 Å². The monoisotopic (exact) mass is 392 g/mol. The molecule has 3 rings (SSSR count). The normalized spacial score (nSPS) is 12.5. The second-order valence-electron chi connectivity index (χ2n) is 7.14. The second-order valence-corrected chi connectivity index (χ2v) is 8.33. The van der Waals surface area contributed by atoms with Crippen LogP contribution in [0, 0.1) is 0 Å². The van der Waals surface area contributed by atoms with Gasteiger partial charge in [0.05, 0.1) is 23.2 Å². The SMILES string of the molecule is CC(C)(O)Cn1c(COCCCP(O)O)nc2c(N)nc3ccccc3c21. The zero-order chi connectivity index (χ0) is 19.6. The molecule has 0 bridgehead atoms. The lowest BCUT2D eigenvalue weighted by atomic mass is 10.1. The van der Waals surface area contributed by atoms with Crippen molar-refractivity contribution in [1.82, 2.24) is 14.5 Å². The van der Waals surface area contributed by atoms with Crippen LogP contribution < -0.4 is 5.73 Å². The van der Waals surface area contributed by atoms with Crippen LogP contribution in [0.2, 0.25) is 0 Å². The van der Waals surface area contributed by atoms with Crippen LogP contribution in [-0.4, -0.2) is 47.8 Å². The smallest absolute Gasteiger partial charge is 0.165 e. The van der Waals surface area contributed by atoms with Gasteiger partial charge < -0.3 is 29.9 Å². The van der Waals surface area contributed by atoms with Crippen LogP contribution in [0.1, 0.15) is 26.1 Å². The molecule has 0 radical (unpaired) electrons. The topological polar surface area (TPSA) is 127 Å². The number of nitrogens with two attached hydrogens (primary N) is 1. The van der Waals surface area contributed by atoms with Gasteiger partial charge in [0.25, 0.3) is 0 Å². The standard InChI is InChI=1S/C18H25N4O4P/c1-18(2,23)11-22-14(10-26-8-5-9-27(24)25)21-15-16(22)12-6-3-4-7-13(12)20-17(15)19/h3-4,6-7,23-25H,5,8-11H2,1-2H3,(H2,19,20). The maximum atomic E-state index is 10.4. The molecule has 5 N–H and O–H groups in total. The van der Waals surface area contributed by atoms with E-state index in [0.29, 0.717) is 42.9 Å². The van der Waals surface area contributed by atoms with Crippen LogP contribution in [0.4, 0.5) is 5.82 Å². The van der Waals surface area contributed by atoms with Crippen LogP contribution in [0.3, 0.4) is 0 Å². The maximum absolute atomic E-state index is 10.4. The molecule has 0 fully saturated rings. The Kier molecular flexibility index (Phi) is 5.93. The molecule has 0 saturated heterocycles. The molecule has 2 aromatic heterocycles. The third kappa shape index (κ3) is 4.72. The lowest BCUT2D eigenvalue weighted by molar-refractivity contribution is 0.0576. The Morgan fingerprint density at radius 1 is 1.22 bits per heavy atom. The van der Waals surface area contributed by atoms with E-state index in [0.717, 1.165) is 16.4 Å². The van der Waals surface area contributed by atoms with Crippen molar-refractivity contribution in [2.75, 3.05) is 18.5 Å². The van der Waals surface area contributed by atoms with Gasteiger partial charge in [0.15, 0.2) is 14.2 Å². The molecule has 2 heterocycles. The average Bonchev–Trinajstić information content (AvgIpc) is 2.92. The summed E-state index contributed by atoms with van der Waals surface area (Å²) in [4.78, 5) is 27.0. The Hall–Kier alpha value is -1.83. The maximum Gasteiger partial charge on any atom is 0.165 e. The quantitative estimate of drug-likeness (QED) is 0.342. The van der Waals surface area contributed by atoms with Gasteiger partial charge in [0, 0.05) is 18.2 Å². The molecule has 27 heavy (non-hydrogen) atoms. The number of imidazole rings is 1. The summed E-state index contributed by atoms with van der Waals surface area (Å²) in [6, 6.07) is 7.69. The third-order valence-corrected chi connectivity index (χ3v) is 4.83. The summed E-state index contributed by atoms with van der Waals surface area (Å²) in [5.41, 5.74) is 7.37. The number of benzene rings is 1. The van der Waals surface area contributed by atoms with Gasteiger partial charge in [-0.1, -0.05) is 18.2 Å². The lowest BCUT2D eigenvalue weighted by Gasteiger charge is -2.20. The fourth-order valence-electron chi connectivity index (χ4n) is 3.04. The highest BCUT2D eigenvalue weighted by molar-refractivity contribution is 7.45. The van der Waals surface area contributed by atoms with Crippen molar-refractivity contribution in [2.24, 2.45) is 0 Å². The average molecular weight is 392 g/mol. The Bertz CT molecular complexity index is 936. The highest BCUT2D eigenvalue weighted by Gasteiger charge is 2.22. The van der Waals surface area contributed by atoms with E-state index >= 15 is 0 Å².